The molecule has 0 spiro atoms. The minimum Gasteiger partial charge on any atom is -0.372 e. The molecule has 0 N–H and O–H groups in total. The van der Waals surface area contributed by atoms with Gasteiger partial charge in [-0.1, -0.05) is 13.8 Å². The standard InChI is InChI=1S/C18H28F3N3O2S/c1-13(2)11-15-22-14(3)16(27-15)17(25)24-8-6-23(7-9-24)5-4-10-26-12-18(19,20)21/h13H,4-12H2,1-3H3. The van der Waals surface area contributed by atoms with E-state index in [1.165, 1.54) is 11.3 Å². The smallest absolute Gasteiger partial charge is 0.372 e. The molecule has 0 radical (unpaired) electrons. The fourth-order valence-electron chi connectivity index (χ4n) is 2.98. The van der Waals surface area contributed by atoms with E-state index in [1.807, 2.05) is 11.8 Å². The molecule has 0 aliphatic carbocycles. The van der Waals surface area contributed by atoms with Gasteiger partial charge in [0.1, 0.15) is 11.5 Å². The second-order valence-electron chi connectivity index (χ2n) is 7.28. The lowest BCUT2D eigenvalue weighted by molar-refractivity contribution is -0.174. The molecule has 0 atom stereocenters. The minimum absolute atomic E-state index is 0.0353. The van der Waals surface area contributed by atoms with Gasteiger partial charge in [-0.15, -0.1) is 11.3 Å². The van der Waals surface area contributed by atoms with Gasteiger partial charge >= 0.3 is 6.18 Å². The number of ether oxygens (including phenoxy) is 1. The zero-order valence-corrected chi connectivity index (χ0v) is 17.0. The molecule has 1 amide bonds. The normalized spacial score (nSPS) is 16.3. The lowest BCUT2D eigenvalue weighted by Gasteiger charge is -2.34. The molecule has 5 nitrogen and oxygen atoms in total. The predicted octanol–water partition coefficient (Wildman–Crippen LogP) is 3.38. The lowest BCUT2D eigenvalue weighted by atomic mass is 10.1. The van der Waals surface area contributed by atoms with Crippen LogP contribution in [0, 0.1) is 12.8 Å². The number of piperazine rings is 1. The molecule has 154 valence electrons. The van der Waals surface area contributed by atoms with E-state index in [0.29, 0.717) is 32.0 Å². The molecule has 27 heavy (non-hydrogen) atoms. The number of nitrogens with zero attached hydrogens (tertiary/aromatic N) is 3. The highest BCUT2D eigenvalue weighted by Gasteiger charge is 2.28. The topological polar surface area (TPSA) is 45.7 Å². The van der Waals surface area contributed by atoms with E-state index in [2.05, 4.69) is 28.5 Å². The number of carbonyl (C=O) groups excluding carboxylic acids is 1. The van der Waals surface area contributed by atoms with Gasteiger partial charge in [-0.05, 0) is 19.3 Å². The minimum atomic E-state index is -4.27. The first-order valence-electron chi connectivity index (χ1n) is 9.28. The number of aromatic nitrogens is 1. The molecule has 2 rings (SSSR count). The molecule has 0 unspecified atom stereocenters. The van der Waals surface area contributed by atoms with Crippen molar-refractivity contribution in [3.05, 3.63) is 15.6 Å². The molecule has 1 aromatic heterocycles. The van der Waals surface area contributed by atoms with Gasteiger partial charge in [-0.25, -0.2) is 4.98 Å². The van der Waals surface area contributed by atoms with E-state index in [-0.39, 0.29) is 12.5 Å². The zero-order chi connectivity index (χ0) is 20.0. The highest BCUT2D eigenvalue weighted by Crippen LogP contribution is 2.23. The van der Waals surface area contributed by atoms with Crippen molar-refractivity contribution in [2.45, 2.75) is 39.8 Å². The summed E-state index contributed by atoms with van der Waals surface area (Å²) in [4.78, 5) is 22.0. The summed E-state index contributed by atoms with van der Waals surface area (Å²) in [6.45, 7) is 8.42. The molecule has 2 heterocycles. The molecule has 0 saturated carbocycles. The van der Waals surface area contributed by atoms with Gasteiger partial charge in [0.25, 0.3) is 5.91 Å². The number of halogens is 3. The summed E-state index contributed by atoms with van der Waals surface area (Å²) < 4.78 is 40.7. The van der Waals surface area contributed by atoms with Crippen LogP contribution in [0.2, 0.25) is 0 Å². The van der Waals surface area contributed by atoms with Crippen molar-refractivity contribution in [1.29, 1.82) is 0 Å². The number of carbonyl (C=O) groups is 1. The third-order valence-electron chi connectivity index (χ3n) is 4.31. The average Bonchev–Trinajstić information content (AvgIpc) is 2.93. The Morgan fingerprint density at radius 3 is 2.52 bits per heavy atom. The van der Waals surface area contributed by atoms with Crippen LogP contribution in [0.4, 0.5) is 13.2 Å². The van der Waals surface area contributed by atoms with Gasteiger partial charge in [0.15, 0.2) is 0 Å². The maximum Gasteiger partial charge on any atom is 0.411 e. The van der Waals surface area contributed by atoms with Crippen LogP contribution in [-0.4, -0.2) is 72.8 Å². The molecule has 0 aromatic carbocycles. The van der Waals surface area contributed by atoms with E-state index in [1.54, 1.807) is 0 Å². The quantitative estimate of drug-likeness (QED) is 0.620. The van der Waals surface area contributed by atoms with Crippen LogP contribution in [0.1, 0.15) is 40.6 Å². The molecule has 1 fully saturated rings. The lowest BCUT2D eigenvalue weighted by Crippen LogP contribution is -2.48. The van der Waals surface area contributed by atoms with E-state index < -0.39 is 12.8 Å². The van der Waals surface area contributed by atoms with Crippen molar-refractivity contribution in [2.75, 3.05) is 45.9 Å². The second-order valence-corrected chi connectivity index (χ2v) is 8.36. The summed E-state index contributed by atoms with van der Waals surface area (Å²) in [5.41, 5.74) is 0.796. The highest BCUT2D eigenvalue weighted by atomic mass is 32.1. The Bertz CT molecular complexity index is 611. The van der Waals surface area contributed by atoms with Crippen LogP contribution >= 0.6 is 11.3 Å². The van der Waals surface area contributed by atoms with E-state index in [9.17, 15) is 18.0 Å². The fraction of sp³-hybridized carbons (Fsp3) is 0.778. The van der Waals surface area contributed by atoms with Crippen molar-refractivity contribution in [1.82, 2.24) is 14.8 Å². The largest absolute Gasteiger partial charge is 0.411 e. The number of alkyl halides is 3. The first kappa shape index (κ1) is 22.1. The molecular weight excluding hydrogens is 379 g/mol. The number of hydrogen-bond acceptors (Lipinski definition) is 5. The molecule has 1 aliphatic rings. The summed E-state index contributed by atoms with van der Waals surface area (Å²) in [6, 6.07) is 0. The van der Waals surface area contributed by atoms with E-state index >= 15 is 0 Å². The highest BCUT2D eigenvalue weighted by molar-refractivity contribution is 7.13. The van der Waals surface area contributed by atoms with Crippen molar-refractivity contribution >= 4 is 17.2 Å². The average molecular weight is 408 g/mol. The Morgan fingerprint density at radius 1 is 1.26 bits per heavy atom. The number of amides is 1. The first-order chi connectivity index (χ1) is 12.7. The van der Waals surface area contributed by atoms with Crippen LogP contribution in [0.15, 0.2) is 0 Å². The van der Waals surface area contributed by atoms with Crippen LogP contribution in [0.25, 0.3) is 0 Å². The van der Waals surface area contributed by atoms with Crippen LogP contribution in [0.5, 0.6) is 0 Å². The Labute approximate surface area is 162 Å². The van der Waals surface area contributed by atoms with Gasteiger partial charge in [0.05, 0.1) is 10.7 Å². The first-order valence-corrected chi connectivity index (χ1v) is 10.1. The monoisotopic (exact) mass is 407 g/mol. The van der Waals surface area contributed by atoms with Crippen LogP contribution in [0.3, 0.4) is 0 Å². The Kier molecular flexibility index (Phi) is 8.05. The summed E-state index contributed by atoms with van der Waals surface area (Å²) in [5.74, 6) is 0.537. The molecule has 0 bridgehead atoms. The Balaban J connectivity index is 1.73. The molecule has 9 heteroatoms. The number of thiazole rings is 1. The maximum atomic E-state index is 12.8. The van der Waals surface area contributed by atoms with Gasteiger partial charge in [0.2, 0.25) is 0 Å². The molecule has 1 saturated heterocycles. The predicted molar refractivity (Wildman–Crippen MR) is 99.2 cm³/mol. The number of aryl methyl sites for hydroxylation is 1. The number of rotatable bonds is 8. The maximum absolute atomic E-state index is 12.8. The van der Waals surface area contributed by atoms with Gasteiger partial charge in [0, 0.05) is 45.8 Å². The van der Waals surface area contributed by atoms with Gasteiger partial charge in [-0.3, -0.25) is 9.69 Å². The van der Waals surface area contributed by atoms with Crippen molar-refractivity contribution in [2.24, 2.45) is 5.92 Å². The second kappa shape index (κ2) is 9.84. The van der Waals surface area contributed by atoms with E-state index in [4.69, 9.17) is 0 Å². The molecule has 1 aromatic rings. The summed E-state index contributed by atoms with van der Waals surface area (Å²) >= 11 is 1.49. The summed E-state index contributed by atoms with van der Waals surface area (Å²) in [7, 11) is 0. The summed E-state index contributed by atoms with van der Waals surface area (Å²) in [5, 5.41) is 1.00. The van der Waals surface area contributed by atoms with Gasteiger partial charge in [-0.2, -0.15) is 13.2 Å². The Morgan fingerprint density at radius 2 is 1.93 bits per heavy atom. The Hall–Kier alpha value is -1.19. The fourth-order valence-corrected chi connectivity index (χ4v) is 4.23. The van der Waals surface area contributed by atoms with E-state index in [0.717, 1.165) is 35.1 Å². The molecule has 1 aliphatic heterocycles. The van der Waals surface area contributed by atoms with Crippen molar-refractivity contribution in [3.63, 3.8) is 0 Å². The van der Waals surface area contributed by atoms with Gasteiger partial charge < -0.3 is 9.64 Å². The zero-order valence-electron chi connectivity index (χ0n) is 16.1. The summed E-state index contributed by atoms with van der Waals surface area (Å²) in [6.07, 6.45) is -2.84. The third kappa shape index (κ3) is 7.38. The van der Waals surface area contributed by atoms with Crippen LogP contribution in [-0.2, 0) is 11.2 Å². The van der Waals surface area contributed by atoms with Crippen molar-refractivity contribution < 1.29 is 22.7 Å². The third-order valence-corrected chi connectivity index (χ3v) is 5.47. The molecular formula is C18H28F3N3O2S. The van der Waals surface area contributed by atoms with Crippen LogP contribution < -0.4 is 0 Å². The van der Waals surface area contributed by atoms with Crippen molar-refractivity contribution in [3.8, 4) is 0 Å². The SMILES string of the molecule is Cc1nc(CC(C)C)sc1C(=O)N1CCN(CCCOCC(F)(F)F)CC1. The number of hydrogen-bond donors (Lipinski definition) is 0.